The third-order valence-corrected chi connectivity index (χ3v) is 5.70. The number of aromatic amines is 1. The molecule has 0 bridgehead atoms. The Bertz CT molecular complexity index is 1140. The molecule has 1 aliphatic heterocycles. The van der Waals surface area contributed by atoms with Crippen molar-refractivity contribution in [1.82, 2.24) is 30.7 Å². The van der Waals surface area contributed by atoms with Crippen LogP contribution < -0.4 is 10.2 Å². The Morgan fingerprint density at radius 2 is 2.03 bits per heavy atom. The molecule has 1 saturated heterocycles. The molecule has 30 heavy (non-hydrogen) atoms. The highest BCUT2D eigenvalue weighted by atomic mass is 15.3. The summed E-state index contributed by atoms with van der Waals surface area (Å²) in [5.74, 6) is 1.53. The first-order chi connectivity index (χ1) is 14.8. The van der Waals surface area contributed by atoms with Gasteiger partial charge in [0.1, 0.15) is 0 Å². The molecule has 1 atom stereocenters. The largest absolute Gasteiger partial charge is 0.352 e. The van der Waals surface area contributed by atoms with Gasteiger partial charge in [-0.2, -0.15) is 10.2 Å². The second-order valence-electron chi connectivity index (χ2n) is 7.71. The first-order valence-corrected chi connectivity index (χ1v) is 10.5. The van der Waals surface area contributed by atoms with E-state index in [2.05, 4.69) is 73.9 Å². The molecule has 2 aromatic carbocycles. The molecule has 0 radical (unpaired) electrons. The Morgan fingerprint density at radius 3 is 2.90 bits per heavy atom. The highest BCUT2D eigenvalue weighted by Gasteiger charge is 2.21. The van der Waals surface area contributed by atoms with E-state index in [0.29, 0.717) is 11.9 Å². The van der Waals surface area contributed by atoms with Crippen LogP contribution in [0.3, 0.4) is 0 Å². The Kier molecular flexibility index (Phi) is 5.11. The fourth-order valence-electron chi connectivity index (χ4n) is 4.11. The van der Waals surface area contributed by atoms with E-state index >= 15 is 0 Å². The molecule has 4 aromatic rings. The van der Waals surface area contributed by atoms with Gasteiger partial charge in [-0.3, -0.25) is 5.10 Å². The third-order valence-electron chi connectivity index (χ3n) is 5.70. The molecule has 7 nitrogen and oxygen atoms in total. The first kappa shape index (κ1) is 18.7. The van der Waals surface area contributed by atoms with Gasteiger partial charge in [-0.25, -0.2) is 4.98 Å². The standard InChI is InChI=1S/C23H25N7/c1-2-20-19-13-17(8-9-21(19)28-27-20)23-26-22(14-25-29-23)30-11-10-24-18(15-30)12-16-6-4-3-5-7-16/h3-9,13-14,18,24H,2,10-12,15H2,1H3,(H,27,28)/t18-/m0/s1. The van der Waals surface area contributed by atoms with Gasteiger partial charge in [0.2, 0.25) is 0 Å². The maximum Gasteiger partial charge on any atom is 0.183 e. The summed E-state index contributed by atoms with van der Waals surface area (Å²) in [6, 6.07) is 17.1. The predicted molar refractivity (Wildman–Crippen MR) is 118 cm³/mol. The molecule has 2 aromatic heterocycles. The average Bonchev–Trinajstić information content (AvgIpc) is 3.22. The molecular formula is C23H25N7. The number of benzene rings is 2. The summed E-state index contributed by atoms with van der Waals surface area (Å²) in [7, 11) is 0. The average molecular weight is 400 g/mol. The van der Waals surface area contributed by atoms with Crippen molar-refractivity contribution in [1.29, 1.82) is 0 Å². The van der Waals surface area contributed by atoms with Gasteiger partial charge in [0.15, 0.2) is 11.6 Å². The van der Waals surface area contributed by atoms with Crippen LogP contribution in [0.25, 0.3) is 22.3 Å². The van der Waals surface area contributed by atoms with Gasteiger partial charge >= 0.3 is 0 Å². The lowest BCUT2D eigenvalue weighted by atomic mass is 10.0. The molecule has 0 aliphatic carbocycles. The van der Waals surface area contributed by atoms with Crippen molar-refractivity contribution in [2.75, 3.05) is 24.5 Å². The van der Waals surface area contributed by atoms with E-state index in [-0.39, 0.29) is 0 Å². The van der Waals surface area contributed by atoms with Crippen LogP contribution in [0, 0.1) is 0 Å². The molecule has 1 fully saturated rings. The highest BCUT2D eigenvalue weighted by Crippen LogP contribution is 2.24. The minimum atomic E-state index is 0.383. The van der Waals surface area contributed by atoms with Crippen molar-refractivity contribution in [3.63, 3.8) is 0 Å². The second-order valence-corrected chi connectivity index (χ2v) is 7.71. The minimum absolute atomic E-state index is 0.383. The molecular weight excluding hydrogens is 374 g/mol. The summed E-state index contributed by atoms with van der Waals surface area (Å²) in [6.45, 7) is 4.85. The Labute approximate surface area is 175 Å². The monoisotopic (exact) mass is 399 g/mol. The number of aryl methyl sites for hydroxylation is 1. The van der Waals surface area contributed by atoms with Crippen molar-refractivity contribution in [2.24, 2.45) is 0 Å². The normalized spacial score (nSPS) is 16.8. The van der Waals surface area contributed by atoms with Crippen molar-refractivity contribution in [2.45, 2.75) is 25.8 Å². The van der Waals surface area contributed by atoms with Gasteiger partial charge in [0.25, 0.3) is 0 Å². The van der Waals surface area contributed by atoms with E-state index in [1.54, 1.807) is 6.20 Å². The summed E-state index contributed by atoms with van der Waals surface area (Å²) in [5.41, 5.74) is 4.40. The molecule has 0 saturated carbocycles. The predicted octanol–water partition coefficient (Wildman–Crippen LogP) is 3.00. The van der Waals surface area contributed by atoms with Crippen molar-refractivity contribution < 1.29 is 0 Å². The van der Waals surface area contributed by atoms with E-state index in [4.69, 9.17) is 4.98 Å². The zero-order valence-electron chi connectivity index (χ0n) is 17.0. The van der Waals surface area contributed by atoms with E-state index in [1.165, 1.54) is 5.56 Å². The maximum atomic E-state index is 4.85. The fourth-order valence-corrected chi connectivity index (χ4v) is 4.11. The molecule has 0 unspecified atom stereocenters. The van der Waals surface area contributed by atoms with E-state index in [9.17, 15) is 0 Å². The maximum absolute atomic E-state index is 4.85. The molecule has 7 heteroatoms. The van der Waals surface area contributed by atoms with Crippen LogP contribution in [0.1, 0.15) is 18.2 Å². The molecule has 5 rings (SSSR count). The van der Waals surface area contributed by atoms with E-state index in [1.807, 2.05) is 12.1 Å². The van der Waals surface area contributed by atoms with Crippen LogP contribution in [0.15, 0.2) is 54.7 Å². The number of fused-ring (bicyclic) bond motifs is 1. The lowest BCUT2D eigenvalue weighted by molar-refractivity contribution is 0.452. The highest BCUT2D eigenvalue weighted by molar-refractivity contribution is 5.85. The molecule has 0 spiro atoms. The summed E-state index contributed by atoms with van der Waals surface area (Å²) in [6.07, 6.45) is 3.67. The third kappa shape index (κ3) is 3.76. The Hall–Kier alpha value is -3.32. The lowest BCUT2D eigenvalue weighted by Gasteiger charge is -2.34. The summed E-state index contributed by atoms with van der Waals surface area (Å²) < 4.78 is 0. The van der Waals surface area contributed by atoms with Crippen molar-refractivity contribution >= 4 is 16.7 Å². The molecule has 3 heterocycles. The number of hydrogen-bond donors (Lipinski definition) is 2. The second kappa shape index (κ2) is 8.20. The van der Waals surface area contributed by atoms with Gasteiger partial charge in [-0.05, 0) is 36.6 Å². The quantitative estimate of drug-likeness (QED) is 0.537. The number of anilines is 1. The molecule has 1 aliphatic rings. The number of hydrogen-bond acceptors (Lipinski definition) is 6. The van der Waals surface area contributed by atoms with Gasteiger partial charge in [-0.15, -0.1) is 5.10 Å². The number of nitrogens with one attached hydrogen (secondary N) is 2. The summed E-state index contributed by atoms with van der Waals surface area (Å²) in [5, 5.41) is 20.8. The number of rotatable bonds is 5. The van der Waals surface area contributed by atoms with Crippen LogP contribution >= 0.6 is 0 Å². The Morgan fingerprint density at radius 1 is 1.13 bits per heavy atom. The summed E-state index contributed by atoms with van der Waals surface area (Å²) >= 11 is 0. The van der Waals surface area contributed by atoms with E-state index in [0.717, 1.165) is 60.5 Å². The van der Waals surface area contributed by atoms with Crippen molar-refractivity contribution in [3.8, 4) is 11.4 Å². The first-order valence-electron chi connectivity index (χ1n) is 10.5. The van der Waals surface area contributed by atoms with Crippen molar-refractivity contribution in [3.05, 3.63) is 66.0 Å². The van der Waals surface area contributed by atoms with Crippen LogP contribution in [-0.2, 0) is 12.8 Å². The Balaban J connectivity index is 1.38. The van der Waals surface area contributed by atoms with Crippen LogP contribution in [0.4, 0.5) is 5.82 Å². The van der Waals surface area contributed by atoms with Gasteiger partial charge in [0, 0.05) is 42.3 Å². The number of piperazine rings is 1. The summed E-state index contributed by atoms with van der Waals surface area (Å²) in [4.78, 5) is 7.15. The minimum Gasteiger partial charge on any atom is -0.352 e. The molecule has 0 amide bonds. The lowest BCUT2D eigenvalue weighted by Crippen LogP contribution is -2.52. The number of nitrogens with zero attached hydrogens (tertiary/aromatic N) is 5. The zero-order chi connectivity index (χ0) is 20.3. The fraction of sp³-hybridized carbons (Fsp3) is 0.304. The van der Waals surface area contributed by atoms with Crippen LogP contribution in [-0.4, -0.2) is 51.1 Å². The van der Waals surface area contributed by atoms with E-state index < -0.39 is 0 Å². The topological polar surface area (TPSA) is 82.6 Å². The number of aromatic nitrogens is 5. The SMILES string of the molecule is CCc1[nH]nc2ccc(-c3nncc(N4CCN[C@@H](Cc5ccccc5)C4)n3)cc12. The molecule has 152 valence electrons. The number of H-pyrrole nitrogens is 1. The zero-order valence-corrected chi connectivity index (χ0v) is 17.0. The van der Waals surface area contributed by atoms with Gasteiger partial charge < -0.3 is 10.2 Å². The molecule has 2 N–H and O–H groups in total. The smallest absolute Gasteiger partial charge is 0.183 e. The van der Waals surface area contributed by atoms with Gasteiger partial charge in [-0.1, -0.05) is 37.3 Å². The van der Waals surface area contributed by atoms with Crippen LogP contribution in [0.5, 0.6) is 0 Å². The van der Waals surface area contributed by atoms with Crippen LogP contribution in [0.2, 0.25) is 0 Å². The van der Waals surface area contributed by atoms with Gasteiger partial charge in [0.05, 0.1) is 11.7 Å².